The van der Waals surface area contributed by atoms with E-state index < -0.39 is 5.97 Å². The van der Waals surface area contributed by atoms with Crippen LogP contribution in [-0.2, 0) is 9.53 Å². The van der Waals surface area contributed by atoms with Crippen molar-refractivity contribution in [2.24, 2.45) is 0 Å². The lowest BCUT2D eigenvalue weighted by Crippen LogP contribution is -2.38. The number of hydrogen-bond donors (Lipinski definition) is 1. The van der Waals surface area contributed by atoms with Gasteiger partial charge in [0.2, 0.25) is 0 Å². The molecule has 1 aromatic carbocycles. The second-order valence-corrected chi connectivity index (χ2v) is 8.97. The first-order valence-electron chi connectivity index (χ1n) is 8.99. The topological polar surface area (TPSA) is 55.4 Å². The Morgan fingerprint density at radius 1 is 1.07 bits per heavy atom. The van der Waals surface area contributed by atoms with Crippen molar-refractivity contribution < 1.29 is 14.3 Å². The maximum atomic E-state index is 12.4. The third-order valence-electron chi connectivity index (χ3n) is 4.64. The van der Waals surface area contributed by atoms with Gasteiger partial charge in [-0.1, -0.05) is 66.9 Å². The van der Waals surface area contributed by atoms with Crippen LogP contribution in [0.1, 0.15) is 54.6 Å². The minimum Gasteiger partial charge on any atom is -0.451 e. The van der Waals surface area contributed by atoms with Gasteiger partial charge in [0.1, 0.15) is 4.88 Å². The Kier molecular flexibility index (Phi) is 7.26. The highest BCUT2D eigenvalue weighted by atomic mass is 35.5. The molecule has 3 rings (SSSR count). The maximum absolute atomic E-state index is 12.4. The zero-order valence-corrected chi connectivity index (χ0v) is 17.7. The van der Waals surface area contributed by atoms with Gasteiger partial charge in [-0.2, -0.15) is 0 Å². The van der Waals surface area contributed by atoms with Gasteiger partial charge in [0, 0.05) is 21.2 Å². The highest BCUT2D eigenvalue weighted by Gasteiger charge is 2.22. The highest BCUT2D eigenvalue weighted by Crippen LogP contribution is 2.41. The fourth-order valence-electron chi connectivity index (χ4n) is 3.31. The van der Waals surface area contributed by atoms with E-state index in [1.165, 1.54) is 19.3 Å². The number of fused-ring (bicyclic) bond motifs is 1. The predicted octanol–water partition coefficient (Wildman–Crippen LogP) is 6.25. The van der Waals surface area contributed by atoms with Crippen LogP contribution in [0.5, 0.6) is 0 Å². The van der Waals surface area contributed by atoms with Crippen molar-refractivity contribution in [3.8, 4) is 0 Å². The van der Waals surface area contributed by atoms with Gasteiger partial charge in [-0.3, -0.25) is 4.79 Å². The van der Waals surface area contributed by atoms with Crippen molar-refractivity contribution in [1.29, 1.82) is 0 Å². The first kappa shape index (κ1) is 20.7. The number of amides is 1. The molecule has 1 N–H and O–H groups in total. The van der Waals surface area contributed by atoms with E-state index in [0.717, 1.165) is 37.0 Å². The molecule has 146 valence electrons. The molecule has 0 bridgehead atoms. The molecule has 8 heteroatoms. The van der Waals surface area contributed by atoms with E-state index in [0.29, 0.717) is 20.1 Å². The number of ether oxygens (including phenoxy) is 1. The predicted molar refractivity (Wildman–Crippen MR) is 111 cm³/mol. The molecule has 1 aliphatic rings. The van der Waals surface area contributed by atoms with E-state index in [9.17, 15) is 9.59 Å². The quantitative estimate of drug-likeness (QED) is 0.563. The number of halogens is 3. The van der Waals surface area contributed by atoms with Crippen molar-refractivity contribution in [2.75, 3.05) is 6.61 Å². The Hall–Kier alpha value is -1.01. The van der Waals surface area contributed by atoms with E-state index >= 15 is 0 Å². The second-order valence-electron chi connectivity index (χ2n) is 6.69. The van der Waals surface area contributed by atoms with Gasteiger partial charge in [0.15, 0.2) is 6.61 Å². The van der Waals surface area contributed by atoms with Crippen LogP contribution >= 0.6 is 46.1 Å². The van der Waals surface area contributed by atoms with Gasteiger partial charge < -0.3 is 10.1 Å². The lowest BCUT2D eigenvalue weighted by molar-refractivity contribution is -0.125. The van der Waals surface area contributed by atoms with E-state index in [1.807, 2.05) is 0 Å². The number of rotatable bonds is 4. The molecule has 1 fully saturated rings. The molecular formula is C19H20Cl3NO3S. The van der Waals surface area contributed by atoms with E-state index in [4.69, 9.17) is 39.5 Å². The number of thiophene rings is 1. The Labute approximate surface area is 177 Å². The van der Waals surface area contributed by atoms with Crippen molar-refractivity contribution in [1.82, 2.24) is 5.32 Å². The third kappa shape index (κ3) is 5.29. The summed E-state index contributed by atoms with van der Waals surface area (Å²) in [6, 6.07) is 3.42. The van der Waals surface area contributed by atoms with Crippen LogP contribution < -0.4 is 5.32 Å². The molecule has 0 unspecified atom stereocenters. The fourth-order valence-corrected chi connectivity index (χ4v) is 5.57. The van der Waals surface area contributed by atoms with Gasteiger partial charge in [0.05, 0.1) is 10.0 Å². The van der Waals surface area contributed by atoms with Crippen LogP contribution in [0.4, 0.5) is 0 Å². The van der Waals surface area contributed by atoms with Crippen LogP contribution in [0.25, 0.3) is 10.1 Å². The summed E-state index contributed by atoms with van der Waals surface area (Å²) in [6.45, 7) is -0.325. The monoisotopic (exact) mass is 447 g/mol. The average molecular weight is 449 g/mol. The van der Waals surface area contributed by atoms with Crippen LogP contribution in [0.3, 0.4) is 0 Å². The first-order chi connectivity index (χ1) is 13.0. The largest absolute Gasteiger partial charge is 0.451 e. The Balaban J connectivity index is 1.60. The molecule has 4 nitrogen and oxygen atoms in total. The molecule has 27 heavy (non-hydrogen) atoms. The molecule has 1 amide bonds. The summed E-state index contributed by atoms with van der Waals surface area (Å²) in [6.07, 6.45) is 7.86. The molecule has 0 aliphatic heterocycles. The summed E-state index contributed by atoms with van der Waals surface area (Å²) in [5, 5.41) is 4.60. The van der Waals surface area contributed by atoms with E-state index in [2.05, 4.69) is 5.32 Å². The summed E-state index contributed by atoms with van der Waals surface area (Å²) in [4.78, 5) is 24.7. The average Bonchev–Trinajstić information content (AvgIpc) is 2.91. The molecule has 0 spiro atoms. The maximum Gasteiger partial charge on any atom is 0.350 e. The number of hydrogen-bond acceptors (Lipinski definition) is 4. The standard InChI is InChI=1S/C19H20Cl3NO3S/c20-11-8-13(21)16-14(9-11)27-18(17(16)22)19(25)26-10-15(24)23-12-6-4-2-1-3-5-7-12/h8-9,12H,1-7,10H2,(H,23,24). The number of carbonyl (C=O) groups is 2. The fraction of sp³-hybridized carbons (Fsp3) is 0.474. The first-order valence-corrected chi connectivity index (χ1v) is 10.9. The van der Waals surface area contributed by atoms with Gasteiger partial charge in [-0.25, -0.2) is 4.79 Å². The number of benzene rings is 1. The zero-order valence-electron chi connectivity index (χ0n) is 14.7. The summed E-state index contributed by atoms with van der Waals surface area (Å²) in [5.74, 6) is -0.923. The number of esters is 1. The number of carbonyl (C=O) groups excluding carboxylic acids is 2. The summed E-state index contributed by atoms with van der Waals surface area (Å²) < 4.78 is 5.86. The highest BCUT2D eigenvalue weighted by molar-refractivity contribution is 7.21. The minimum absolute atomic E-state index is 0.158. The lowest BCUT2D eigenvalue weighted by atomic mass is 9.97. The van der Waals surface area contributed by atoms with E-state index in [-0.39, 0.29) is 28.5 Å². The Morgan fingerprint density at radius 2 is 1.74 bits per heavy atom. The minimum atomic E-state index is -0.638. The van der Waals surface area contributed by atoms with Crippen LogP contribution in [-0.4, -0.2) is 24.5 Å². The molecule has 1 aromatic heterocycles. The van der Waals surface area contributed by atoms with Crippen molar-refractivity contribution >= 4 is 68.1 Å². The summed E-state index contributed by atoms with van der Waals surface area (Å²) >= 11 is 19.6. The SMILES string of the molecule is O=C(COC(=O)c1sc2cc(Cl)cc(Cl)c2c1Cl)NC1CCCCCCC1. The van der Waals surface area contributed by atoms with Gasteiger partial charge in [-0.05, 0) is 25.0 Å². The van der Waals surface area contributed by atoms with Gasteiger partial charge >= 0.3 is 5.97 Å². The second kappa shape index (κ2) is 9.46. The molecule has 2 aromatic rings. The van der Waals surface area contributed by atoms with Crippen molar-refractivity contribution in [3.63, 3.8) is 0 Å². The Morgan fingerprint density at radius 3 is 2.44 bits per heavy atom. The molecule has 1 saturated carbocycles. The normalized spacial score (nSPS) is 16.0. The molecule has 1 aliphatic carbocycles. The molecule has 1 heterocycles. The third-order valence-corrected chi connectivity index (χ3v) is 6.76. The zero-order chi connectivity index (χ0) is 19.4. The van der Waals surface area contributed by atoms with Crippen molar-refractivity contribution in [3.05, 3.63) is 32.1 Å². The Bertz CT molecular complexity index is 844. The van der Waals surface area contributed by atoms with Crippen LogP contribution in [0, 0.1) is 0 Å². The van der Waals surface area contributed by atoms with Crippen molar-refractivity contribution in [2.45, 2.75) is 51.0 Å². The molecule has 0 saturated heterocycles. The van der Waals surface area contributed by atoms with Gasteiger partial charge in [-0.15, -0.1) is 11.3 Å². The molecule has 0 atom stereocenters. The summed E-state index contributed by atoms with van der Waals surface area (Å²) in [7, 11) is 0. The molecular weight excluding hydrogens is 429 g/mol. The lowest BCUT2D eigenvalue weighted by Gasteiger charge is -2.20. The summed E-state index contributed by atoms with van der Waals surface area (Å²) in [5.41, 5.74) is 0. The van der Waals surface area contributed by atoms with Gasteiger partial charge in [0.25, 0.3) is 5.91 Å². The van der Waals surface area contributed by atoms with Crippen LogP contribution in [0.15, 0.2) is 12.1 Å². The van der Waals surface area contributed by atoms with Crippen LogP contribution in [0.2, 0.25) is 15.1 Å². The smallest absolute Gasteiger partial charge is 0.350 e. The molecule has 0 radical (unpaired) electrons. The number of nitrogens with one attached hydrogen (secondary N) is 1. The van der Waals surface area contributed by atoms with E-state index in [1.54, 1.807) is 12.1 Å².